The van der Waals surface area contributed by atoms with Crippen LogP contribution >= 0.6 is 11.3 Å². The molecule has 9 nitrogen and oxygen atoms in total. The molecular weight excluding hydrogens is 459 g/mol. The minimum absolute atomic E-state index is 0.0652. The van der Waals surface area contributed by atoms with Gasteiger partial charge in [-0.25, -0.2) is 14.4 Å². The van der Waals surface area contributed by atoms with Gasteiger partial charge in [0, 0.05) is 33.3 Å². The number of aryl methyl sites for hydroxylation is 1. The highest BCUT2D eigenvalue weighted by molar-refractivity contribution is 7.20. The smallest absolute Gasteiger partial charge is 0.259 e. The van der Waals surface area contributed by atoms with E-state index in [1.165, 1.54) is 29.8 Å². The number of halogens is 1. The number of hydrogen-bond acceptors (Lipinski definition) is 8. The van der Waals surface area contributed by atoms with Gasteiger partial charge in [0.05, 0.1) is 22.5 Å². The van der Waals surface area contributed by atoms with E-state index in [-0.39, 0.29) is 12.0 Å². The summed E-state index contributed by atoms with van der Waals surface area (Å²) in [5.41, 5.74) is 6.74. The highest BCUT2D eigenvalue weighted by atomic mass is 32.1. The van der Waals surface area contributed by atoms with Crippen molar-refractivity contribution in [3.63, 3.8) is 0 Å². The number of fused-ring (bicyclic) bond motifs is 1. The molecule has 0 spiro atoms. The average molecular weight is 487 g/mol. The summed E-state index contributed by atoms with van der Waals surface area (Å²) in [5, 5.41) is 3.91. The fourth-order valence-electron chi connectivity index (χ4n) is 3.92. The van der Waals surface area contributed by atoms with Crippen LogP contribution in [0.15, 0.2) is 24.5 Å². The number of anilines is 2. The van der Waals surface area contributed by atoms with E-state index in [9.17, 15) is 14.0 Å². The minimum atomic E-state index is -0.518. The highest BCUT2D eigenvalue weighted by Gasteiger charge is 2.24. The number of rotatable bonds is 7. The van der Waals surface area contributed by atoms with Crippen molar-refractivity contribution >= 4 is 44.9 Å². The summed E-state index contributed by atoms with van der Waals surface area (Å²) in [6.45, 7) is 3.62. The van der Waals surface area contributed by atoms with Gasteiger partial charge in [-0.3, -0.25) is 14.5 Å². The van der Waals surface area contributed by atoms with E-state index in [0.717, 1.165) is 25.9 Å². The number of piperidine rings is 1. The van der Waals surface area contributed by atoms with E-state index in [2.05, 4.69) is 20.2 Å². The molecular formula is C23H27FN6O3S. The molecule has 0 atom stereocenters. The van der Waals surface area contributed by atoms with Crippen molar-refractivity contribution in [3.05, 3.63) is 40.8 Å². The second-order valence-corrected chi connectivity index (χ2v) is 9.47. The Bertz CT molecular complexity index is 1220. The van der Waals surface area contributed by atoms with Crippen LogP contribution in [-0.4, -0.2) is 71.4 Å². The first-order valence-electron chi connectivity index (χ1n) is 10.9. The number of benzene rings is 1. The predicted molar refractivity (Wildman–Crippen MR) is 129 cm³/mol. The van der Waals surface area contributed by atoms with Crippen LogP contribution in [-0.2, 0) is 4.79 Å². The lowest BCUT2D eigenvalue weighted by atomic mass is 10.1. The zero-order chi connectivity index (χ0) is 24.4. The molecule has 2 amide bonds. The number of carbonyl (C=O) groups excluding carboxylic acids is 2. The molecule has 2 aromatic heterocycles. The number of primary amides is 1. The quantitative estimate of drug-likeness (QED) is 0.528. The Morgan fingerprint density at radius 3 is 2.71 bits per heavy atom. The number of nitrogens with one attached hydrogen (secondary N) is 1. The summed E-state index contributed by atoms with van der Waals surface area (Å²) in [6, 6.07) is 4.29. The molecule has 0 bridgehead atoms. The largest absolute Gasteiger partial charge is 0.488 e. The number of hydrogen-bond donors (Lipinski definition) is 2. The standard InChI is InChI=1S/C23H27FN6O3S/c1-13-19-22(26-12-27-23(19)34-20(13)21(25)32)28-16-5-4-14(24)10-17(16)33-15-6-8-30(9-7-15)11-18(31)29(2)3/h4-5,10,12,15H,6-9,11H2,1-3H3,(H2,25,32)(H,26,27,28). The van der Waals surface area contributed by atoms with E-state index < -0.39 is 11.7 Å². The summed E-state index contributed by atoms with van der Waals surface area (Å²) in [4.78, 5) is 37.1. The lowest BCUT2D eigenvalue weighted by molar-refractivity contribution is -0.130. The maximum absolute atomic E-state index is 14.1. The van der Waals surface area contributed by atoms with Crippen LogP contribution in [0.5, 0.6) is 5.75 Å². The number of likely N-dealkylation sites (tertiary alicyclic amines) is 1. The molecule has 0 unspecified atom stereocenters. The molecule has 1 aliphatic heterocycles. The Morgan fingerprint density at radius 2 is 2.03 bits per heavy atom. The third kappa shape index (κ3) is 5.10. The van der Waals surface area contributed by atoms with Gasteiger partial charge in [0.2, 0.25) is 5.91 Å². The summed E-state index contributed by atoms with van der Waals surface area (Å²) >= 11 is 1.21. The monoisotopic (exact) mass is 486 g/mol. The van der Waals surface area contributed by atoms with E-state index in [1.807, 2.05) is 0 Å². The molecule has 11 heteroatoms. The van der Waals surface area contributed by atoms with Gasteiger partial charge in [-0.15, -0.1) is 11.3 Å². The van der Waals surface area contributed by atoms with Crippen LogP contribution in [0.4, 0.5) is 15.9 Å². The van der Waals surface area contributed by atoms with Crippen LogP contribution in [0.2, 0.25) is 0 Å². The SMILES string of the molecule is Cc1c(C(N)=O)sc2ncnc(Nc3ccc(F)cc3OC3CCN(CC(=O)N(C)C)CC3)c12. The Hall–Kier alpha value is -3.31. The first-order chi connectivity index (χ1) is 16.2. The molecule has 34 heavy (non-hydrogen) atoms. The molecule has 3 heterocycles. The Labute approximate surface area is 200 Å². The van der Waals surface area contributed by atoms with Gasteiger partial charge < -0.3 is 20.7 Å². The zero-order valence-electron chi connectivity index (χ0n) is 19.3. The maximum atomic E-state index is 14.1. The lowest BCUT2D eigenvalue weighted by Gasteiger charge is -2.32. The van der Waals surface area contributed by atoms with Crippen molar-refractivity contribution < 1.29 is 18.7 Å². The number of amides is 2. The van der Waals surface area contributed by atoms with Gasteiger partial charge in [-0.05, 0) is 37.5 Å². The minimum Gasteiger partial charge on any atom is -0.488 e. The third-order valence-corrected chi connectivity index (χ3v) is 7.05. The Balaban J connectivity index is 1.52. The number of likely N-dealkylation sites (N-methyl/N-ethyl adjacent to an activating group) is 1. The number of nitrogens with two attached hydrogens (primary N) is 1. The summed E-state index contributed by atoms with van der Waals surface area (Å²) in [7, 11) is 3.49. The molecule has 4 rings (SSSR count). The van der Waals surface area contributed by atoms with Gasteiger partial charge in [0.1, 0.15) is 34.6 Å². The first kappa shape index (κ1) is 23.8. The van der Waals surface area contributed by atoms with Crippen LogP contribution in [0.25, 0.3) is 10.2 Å². The van der Waals surface area contributed by atoms with Crippen molar-refractivity contribution in [1.82, 2.24) is 19.8 Å². The van der Waals surface area contributed by atoms with Crippen molar-refractivity contribution in [3.8, 4) is 5.75 Å². The highest BCUT2D eigenvalue weighted by Crippen LogP contribution is 2.37. The maximum Gasteiger partial charge on any atom is 0.259 e. The molecule has 0 aliphatic carbocycles. The van der Waals surface area contributed by atoms with Crippen molar-refractivity contribution in [1.29, 1.82) is 0 Å². The first-order valence-corrected chi connectivity index (χ1v) is 11.7. The van der Waals surface area contributed by atoms with Crippen molar-refractivity contribution in [2.75, 3.05) is 39.0 Å². The fraction of sp³-hybridized carbons (Fsp3) is 0.391. The van der Waals surface area contributed by atoms with Gasteiger partial charge in [0.15, 0.2) is 0 Å². The summed E-state index contributed by atoms with van der Waals surface area (Å²) in [6.07, 6.45) is 2.74. The number of nitrogens with zero attached hydrogens (tertiary/aromatic N) is 4. The zero-order valence-corrected chi connectivity index (χ0v) is 20.1. The van der Waals surface area contributed by atoms with E-state index in [1.54, 1.807) is 32.0 Å². The van der Waals surface area contributed by atoms with Crippen molar-refractivity contribution in [2.45, 2.75) is 25.9 Å². The molecule has 3 aromatic rings. The second-order valence-electron chi connectivity index (χ2n) is 8.47. The lowest BCUT2D eigenvalue weighted by Crippen LogP contribution is -2.43. The molecule has 3 N–H and O–H groups in total. The molecule has 1 aromatic carbocycles. The van der Waals surface area contributed by atoms with Gasteiger partial charge in [0.25, 0.3) is 5.91 Å². The van der Waals surface area contributed by atoms with E-state index >= 15 is 0 Å². The fourth-order valence-corrected chi connectivity index (χ4v) is 4.92. The van der Waals surface area contributed by atoms with Crippen LogP contribution in [0.1, 0.15) is 28.1 Å². The van der Waals surface area contributed by atoms with Gasteiger partial charge in [-0.2, -0.15) is 0 Å². The normalized spacial score (nSPS) is 14.8. The number of carbonyl (C=O) groups is 2. The topological polar surface area (TPSA) is 114 Å². The van der Waals surface area contributed by atoms with Crippen LogP contribution < -0.4 is 15.8 Å². The molecule has 180 valence electrons. The van der Waals surface area contributed by atoms with E-state index in [0.29, 0.717) is 44.5 Å². The molecule has 0 radical (unpaired) electrons. The van der Waals surface area contributed by atoms with E-state index in [4.69, 9.17) is 10.5 Å². The predicted octanol–water partition coefficient (Wildman–Crippen LogP) is 2.91. The molecule has 1 aliphatic rings. The van der Waals surface area contributed by atoms with Crippen LogP contribution in [0, 0.1) is 12.7 Å². The van der Waals surface area contributed by atoms with Gasteiger partial charge in [-0.1, -0.05) is 0 Å². The Morgan fingerprint density at radius 1 is 1.29 bits per heavy atom. The van der Waals surface area contributed by atoms with Crippen molar-refractivity contribution in [2.24, 2.45) is 5.73 Å². The number of thiophene rings is 1. The number of ether oxygens (including phenoxy) is 1. The molecule has 1 saturated heterocycles. The summed E-state index contributed by atoms with van der Waals surface area (Å²) < 4.78 is 20.3. The number of aromatic nitrogens is 2. The van der Waals surface area contributed by atoms with Gasteiger partial charge >= 0.3 is 0 Å². The van der Waals surface area contributed by atoms with Crippen LogP contribution in [0.3, 0.4) is 0 Å². The summed E-state index contributed by atoms with van der Waals surface area (Å²) in [5.74, 6) is -0.00585. The average Bonchev–Trinajstić information content (AvgIpc) is 3.14. The second kappa shape index (κ2) is 9.90. The Kier molecular flexibility index (Phi) is 6.94. The molecule has 0 saturated carbocycles. The molecule has 1 fully saturated rings. The third-order valence-electron chi connectivity index (χ3n) is 5.83.